The first-order chi connectivity index (χ1) is 11.9. The van der Waals surface area contributed by atoms with Crippen molar-refractivity contribution in [1.82, 2.24) is 0 Å². The van der Waals surface area contributed by atoms with E-state index in [0.29, 0.717) is 29.0 Å². The number of nitrogens with one attached hydrogen (secondary N) is 1. The lowest BCUT2D eigenvalue weighted by Crippen LogP contribution is -2.47. The summed E-state index contributed by atoms with van der Waals surface area (Å²) in [6, 6.07) is 5.24. The predicted octanol–water partition coefficient (Wildman–Crippen LogP) is 4.29. The Morgan fingerprint density at radius 1 is 1.44 bits per heavy atom. The van der Waals surface area contributed by atoms with Crippen molar-refractivity contribution in [2.45, 2.75) is 51.2 Å². The van der Waals surface area contributed by atoms with E-state index in [1.54, 1.807) is 32.4 Å². The van der Waals surface area contributed by atoms with E-state index < -0.39 is 5.60 Å². The molecule has 0 heterocycles. The first-order valence-electron chi connectivity index (χ1n) is 8.72. The van der Waals surface area contributed by atoms with E-state index in [1.165, 1.54) is 0 Å². The zero-order chi connectivity index (χ0) is 18.4. The highest BCUT2D eigenvalue weighted by Crippen LogP contribution is 2.36. The van der Waals surface area contributed by atoms with Crippen LogP contribution in [0.3, 0.4) is 0 Å². The highest BCUT2D eigenvalue weighted by Gasteiger charge is 2.42. The molecule has 2 rings (SSSR count). The number of benzene rings is 1. The van der Waals surface area contributed by atoms with Gasteiger partial charge in [0.1, 0.15) is 17.5 Å². The van der Waals surface area contributed by atoms with Gasteiger partial charge in [-0.1, -0.05) is 24.9 Å². The van der Waals surface area contributed by atoms with Crippen molar-refractivity contribution in [1.29, 1.82) is 0 Å². The number of amides is 1. The number of ether oxygens (including phenoxy) is 3. The Morgan fingerprint density at radius 2 is 2.20 bits per heavy atom. The zero-order valence-electron chi connectivity index (χ0n) is 15.4. The van der Waals surface area contributed by atoms with Crippen LogP contribution in [-0.2, 0) is 14.3 Å². The molecular weight excluding hydrogens is 342 g/mol. The quantitative estimate of drug-likeness (QED) is 0.779. The third-order valence-electron chi connectivity index (χ3n) is 4.68. The van der Waals surface area contributed by atoms with E-state index in [4.69, 9.17) is 25.8 Å². The van der Waals surface area contributed by atoms with Gasteiger partial charge in [0, 0.05) is 19.9 Å². The van der Waals surface area contributed by atoms with E-state index >= 15 is 0 Å². The summed E-state index contributed by atoms with van der Waals surface area (Å²) in [6.07, 6.45) is 3.49. The minimum Gasteiger partial charge on any atom is -0.487 e. The van der Waals surface area contributed by atoms with Crippen LogP contribution in [0.5, 0.6) is 5.75 Å². The molecule has 1 fully saturated rings. The van der Waals surface area contributed by atoms with Crippen molar-refractivity contribution in [2.75, 3.05) is 26.1 Å². The molecule has 0 bridgehead atoms. The fourth-order valence-electron chi connectivity index (χ4n) is 3.39. The standard InChI is InChI=1S/C19H28ClNO4/c1-13-6-5-9-19(11-13,24-4)18(22)21-15-7-8-17(16(20)10-15)25-14(2)12-23-3/h7-8,10,13-14H,5-6,9,11-12H2,1-4H3,(H,21,22)/t13-,14-,19+/m1/s1. The van der Waals surface area contributed by atoms with Gasteiger partial charge in [0.15, 0.2) is 0 Å². The van der Waals surface area contributed by atoms with Gasteiger partial charge in [0.25, 0.3) is 5.91 Å². The lowest BCUT2D eigenvalue weighted by molar-refractivity contribution is -0.143. The van der Waals surface area contributed by atoms with Crippen molar-refractivity contribution in [3.05, 3.63) is 23.2 Å². The molecular formula is C19H28ClNO4. The smallest absolute Gasteiger partial charge is 0.256 e. The van der Waals surface area contributed by atoms with Crippen LogP contribution in [0.15, 0.2) is 18.2 Å². The molecule has 0 spiro atoms. The average Bonchev–Trinajstić information content (AvgIpc) is 2.57. The number of halogens is 1. The van der Waals surface area contributed by atoms with Crippen molar-refractivity contribution >= 4 is 23.2 Å². The maximum absolute atomic E-state index is 12.8. The van der Waals surface area contributed by atoms with Crippen molar-refractivity contribution in [3.63, 3.8) is 0 Å². The Bertz CT molecular complexity index is 595. The van der Waals surface area contributed by atoms with Crippen LogP contribution in [0.1, 0.15) is 39.5 Å². The topological polar surface area (TPSA) is 56.8 Å². The average molecular weight is 370 g/mol. The predicted molar refractivity (Wildman–Crippen MR) is 99.4 cm³/mol. The largest absolute Gasteiger partial charge is 0.487 e. The molecule has 0 unspecified atom stereocenters. The van der Waals surface area contributed by atoms with Gasteiger partial charge in [-0.2, -0.15) is 0 Å². The van der Waals surface area contributed by atoms with Gasteiger partial charge in [0.05, 0.1) is 11.6 Å². The molecule has 1 aromatic carbocycles. The van der Waals surface area contributed by atoms with Gasteiger partial charge in [0.2, 0.25) is 0 Å². The third-order valence-corrected chi connectivity index (χ3v) is 4.97. The summed E-state index contributed by atoms with van der Waals surface area (Å²) in [5.41, 5.74) is -0.122. The lowest BCUT2D eigenvalue weighted by Gasteiger charge is -2.37. The lowest BCUT2D eigenvalue weighted by atomic mass is 9.78. The summed E-state index contributed by atoms with van der Waals surface area (Å²) >= 11 is 6.29. The second-order valence-corrected chi connectivity index (χ2v) is 7.29. The first kappa shape index (κ1) is 20.0. The normalized spacial score (nSPS) is 24.6. The summed E-state index contributed by atoms with van der Waals surface area (Å²) in [5.74, 6) is 0.928. The van der Waals surface area contributed by atoms with Gasteiger partial charge in [-0.15, -0.1) is 0 Å². The molecule has 0 saturated heterocycles. The highest BCUT2D eigenvalue weighted by molar-refractivity contribution is 6.32. The molecule has 1 N–H and O–H groups in total. The van der Waals surface area contributed by atoms with Crippen LogP contribution in [-0.4, -0.2) is 38.4 Å². The van der Waals surface area contributed by atoms with Crippen LogP contribution in [0, 0.1) is 5.92 Å². The molecule has 0 aromatic heterocycles. The zero-order valence-corrected chi connectivity index (χ0v) is 16.2. The third kappa shape index (κ3) is 5.09. The monoisotopic (exact) mass is 369 g/mol. The molecule has 5 nitrogen and oxygen atoms in total. The van der Waals surface area contributed by atoms with E-state index in [2.05, 4.69) is 12.2 Å². The maximum atomic E-state index is 12.8. The Balaban J connectivity index is 2.06. The molecule has 6 heteroatoms. The Kier molecular flexibility index (Phi) is 7.11. The molecule has 3 atom stereocenters. The Morgan fingerprint density at radius 3 is 2.80 bits per heavy atom. The number of methoxy groups -OCH3 is 2. The van der Waals surface area contributed by atoms with Crippen LogP contribution >= 0.6 is 11.6 Å². The number of hydrogen-bond acceptors (Lipinski definition) is 4. The number of hydrogen-bond donors (Lipinski definition) is 1. The second-order valence-electron chi connectivity index (χ2n) is 6.88. The van der Waals surface area contributed by atoms with Crippen molar-refractivity contribution < 1.29 is 19.0 Å². The maximum Gasteiger partial charge on any atom is 0.256 e. The number of carbonyl (C=O) groups is 1. The molecule has 0 aliphatic heterocycles. The van der Waals surface area contributed by atoms with E-state index in [9.17, 15) is 4.79 Å². The van der Waals surface area contributed by atoms with Crippen molar-refractivity contribution in [2.24, 2.45) is 5.92 Å². The first-order valence-corrected chi connectivity index (χ1v) is 9.09. The van der Waals surface area contributed by atoms with Gasteiger partial charge in [-0.25, -0.2) is 0 Å². The van der Waals surface area contributed by atoms with Gasteiger partial charge < -0.3 is 19.5 Å². The van der Waals surface area contributed by atoms with E-state index in [0.717, 1.165) is 25.7 Å². The molecule has 25 heavy (non-hydrogen) atoms. The molecule has 140 valence electrons. The Labute approximate surface area is 155 Å². The van der Waals surface area contributed by atoms with E-state index in [1.807, 2.05) is 6.92 Å². The van der Waals surface area contributed by atoms with Gasteiger partial charge in [-0.05, 0) is 50.3 Å². The second kappa shape index (κ2) is 8.88. The minimum atomic E-state index is -0.758. The molecule has 1 aliphatic carbocycles. The summed E-state index contributed by atoms with van der Waals surface area (Å²) < 4.78 is 16.4. The number of rotatable bonds is 7. The molecule has 1 aliphatic rings. The van der Waals surface area contributed by atoms with Crippen LogP contribution in [0.2, 0.25) is 5.02 Å². The molecule has 1 saturated carbocycles. The van der Waals surface area contributed by atoms with Crippen molar-refractivity contribution in [3.8, 4) is 5.75 Å². The highest BCUT2D eigenvalue weighted by atomic mass is 35.5. The summed E-state index contributed by atoms with van der Waals surface area (Å²) in [6.45, 7) is 4.54. The van der Waals surface area contributed by atoms with Gasteiger partial charge >= 0.3 is 0 Å². The fraction of sp³-hybridized carbons (Fsp3) is 0.632. The molecule has 1 amide bonds. The number of anilines is 1. The summed E-state index contributed by atoms with van der Waals surface area (Å²) in [4.78, 5) is 12.8. The Hall–Kier alpha value is -1.30. The minimum absolute atomic E-state index is 0.108. The summed E-state index contributed by atoms with van der Waals surface area (Å²) in [7, 11) is 3.23. The van der Waals surface area contributed by atoms with Crippen LogP contribution < -0.4 is 10.1 Å². The number of carbonyl (C=O) groups excluding carboxylic acids is 1. The summed E-state index contributed by atoms with van der Waals surface area (Å²) in [5, 5.41) is 3.39. The van der Waals surface area contributed by atoms with Crippen LogP contribution in [0.25, 0.3) is 0 Å². The molecule has 0 radical (unpaired) electrons. The SMILES string of the molecule is COC[C@@H](C)Oc1ccc(NC(=O)[C@]2(OC)CCC[C@@H](C)C2)cc1Cl. The fourth-order valence-corrected chi connectivity index (χ4v) is 3.62. The van der Waals surface area contributed by atoms with E-state index in [-0.39, 0.29) is 12.0 Å². The van der Waals surface area contributed by atoms with Gasteiger partial charge in [-0.3, -0.25) is 4.79 Å². The molecule has 1 aromatic rings. The van der Waals surface area contributed by atoms with Crippen LogP contribution in [0.4, 0.5) is 5.69 Å².